The molecule has 3 aromatic rings. The number of ether oxygens (including phenoxy) is 2. The molecule has 0 unspecified atom stereocenters. The molecule has 3 rings (SSSR count). The summed E-state index contributed by atoms with van der Waals surface area (Å²) in [5.74, 6) is -2.64. The highest BCUT2D eigenvalue weighted by Gasteiger charge is 2.33. The maximum absolute atomic E-state index is 14.1. The molecule has 5 N–H and O–H groups in total. The van der Waals surface area contributed by atoms with Gasteiger partial charge in [-0.15, -0.1) is 0 Å². The summed E-state index contributed by atoms with van der Waals surface area (Å²) >= 11 is 0. The molecule has 12 nitrogen and oxygen atoms in total. The van der Waals surface area contributed by atoms with Gasteiger partial charge in [-0.1, -0.05) is 76.2 Å². The van der Waals surface area contributed by atoms with Gasteiger partial charge in [0, 0.05) is 29.9 Å². The Hall–Kier alpha value is -4.87. The number of carbonyl (C=O) groups is 5. The van der Waals surface area contributed by atoms with Gasteiger partial charge in [0.1, 0.15) is 29.8 Å². The van der Waals surface area contributed by atoms with Crippen LogP contribution in [0, 0.1) is 11.8 Å². The Labute approximate surface area is 288 Å². The van der Waals surface area contributed by atoms with Crippen LogP contribution in [0.25, 0.3) is 10.9 Å². The average Bonchev–Trinajstić information content (AvgIpc) is 3.44. The van der Waals surface area contributed by atoms with Crippen LogP contribution in [-0.4, -0.2) is 71.6 Å². The van der Waals surface area contributed by atoms with E-state index in [0.29, 0.717) is 6.42 Å². The Balaban J connectivity index is 1.94. The van der Waals surface area contributed by atoms with E-state index < -0.39 is 59.6 Å². The third kappa shape index (κ3) is 12.0. The van der Waals surface area contributed by atoms with Crippen LogP contribution in [0.2, 0.25) is 0 Å². The quantitative estimate of drug-likeness (QED) is 0.151. The van der Waals surface area contributed by atoms with Crippen LogP contribution in [0.5, 0.6) is 0 Å². The monoisotopic (exact) mass is 677 g/mol. The molecule has 49 heavy (non-hydrogen) atoms. The molecule has 1 heterocycles. The van der Waals surface area contributed by atoms with E-state index in [1.165, 1.54) is 7.11 Å². The summed E-state index contributed by atoms with van der Waals surface area (Å²) in [5.41, 5.74) is 1.63. The van der Waals surface area contributed by atoms with Gasteiger partial charge in [0.25, 0.3) is 0 Å². The summed E-state index contributed by atoms with van der Waals surface area (Å²) < 4.78 is 10.3. The standard InChI is InChI=1S/C37H51N5O7/c1-22(2)18-28(41-36(47)49-37(5,6)7)32(43)39-29(19-24-14-10-9-11-15-24)33(44)40-30(34(45)42-31(23(3)4)35(46)48-8)20-25-21-38-27-17-13-12-16-26(25)27/h9-17,21-23,28-31,38H,18-20H2,1-8H3,(H,39,43)(H,40,44)(H,41,47)(H,42,45)/t28-,29+,30+,31-/m1/s1. The molecule has 0 aliphatic rings. The largest absolute Gasteiger partial charge is 0.467 e. The van der Waals surface area contributed by atoms with Crippen molar-refractivity contribution in [3.05, 3.63) is 71.9 Å². The van der Waals surface area contributed by atoms with E-state index in [2.05, 4.69) is 26.3 Å². The maximum atomic E-state index is 14.1. The van der Waals surface area contributed by atoms with Crippen molar-refractivity contribution in [1.29, 1.82) is 0 Å². The highest BCUT2D eigenvalue weighted by Crippen LogP contribution is 2.20. The van der Waals surface area contributed by atoms with Gasteiger partial charge in [0.05, 0.1) is 7.11 Å². The summed E-state index contributed by atoms with van der Waals surface area (Å²) in [7, 11) is 1.25. The smallest absolute Gasteiger partial charge is 0.408 e. The SMILES string of the molecule is COC(=O)[C@H](NC(=O)[C@H](Cc1c[nH]c2ccccc12)NC(=O)[C@H](Cc1ccccc1)NC(=O)[C@@H](CC(C)C)NC(=O)OC(C)(C)C)C(C)C. The van der Waals surface area contributed by atoms with Gasteiger partial charge in [-0.3, -0.25) is 14.4 Å². The second-order valence-corrected chi connectivity index (χ2v) is 14.0. The molecule has 266 valence electrons. The summed E-state index contributed by atoms with van der Waals surface area (Å²) in [6, 6.07) is 12.5. The van der Waals surface area contributed by atoms with Crippen molar-refractivity contribution >= 4 is 40.7 Å². The van der Waals surface area contributed by atoms with Crippen LogP contribution in [0.3, 0.4) is 0 Å². The minimum atomic E-state index is -1.13. The predicted octanol–water partition coefficient (Wildman–Crippen LogP) is 4.18. The number of aromatic nitrogens is 1. The second-order valence-electron chi connectivity index (χ2n) is 14.0. The number of benzene rings is 2. The molecule has 0 spiro atoms. The first-order valence-corrected chi connectivity index (χ1v) is 16.6. The highest BCUT2D eigenvalue weighted by molar-refractivity contribution is 5.95. The second kappa shape index (κ2) is 17.5. The van der Waals surface area contributed by atoms with Crippen LogP contribution >= 0.6 is 0 Å². The third-order valence-electron chi connectivity index (χ3n) is 7.78. The Kier molecular flexibility index (Phi) is 13.8. The van der Waals surface area contributed by atoms with Crippen molar-refractivity contribution < 1.29 is 33.4 Å². The Bertz CT molecular complexity index is 1580. The zero-order chi connectivity index (χ0) is 36.3. The maximum Gasteiger partial charge on any atom is 0.408 e. The topological polar surface area (TPSA) is 168 Å². The number of hydrogen-bond acceptors (Lipinski definition) is 7. The molecular weight excluding hydrogens is 626 g/mol. The fraction of sp³-hybridized carbons (Fsp3) is 0.486. The molecule has 4 amide bonds. The number of alkyl carbamates (subject to hydrolysis) is 1. The first-order chi connectivity index (χ1) is 23.1. The minimum Gasteiger partial charge on any atom is -0.467 e. The van der Waals surface area contributed by atoms with Crippen molar-refractivity contribution in [3.63, 3.8) is 0 Å². The first kappa shape index (κ1) is 38.6. The molecule has 0 aliphatic heterocycles. The lowest BCUT2D eigenvalue weighted by Crippen LogP contribution is -2.59. The number of amides is 4. The van der Waals surface area contributed by atoms with E-state index in [4.69, 9.17) is 9.47 Å². The zero-order valence-electron chi connectivity index (χ0n) is 29.7. The summed E-state index contributed by atoms with van der Waals surface area (Å²) in [6.45, 7) is 12.6. The number of methoxy groups -OCH3 is 1. The number of hydrogen-bond donors (Lipinski definition) is 5. The van der Waals surface area contributed by atoms with Crippen LogP contribution in [0.15, 0.2) is 60.8 Å². The normalized spacial score (nSPS) is 14.0. The van der Waals surface area contributed by atoms with Crippen LogP contribution < -0.4 is 21.3 Å². The number of esters is 1. The van der Waals surface area contributed by atoms with Gasteiger partial charge in [0.2, 0.25) is 17.7 Å². The number of aromatic amines is 1. The van der Waals surface area contributed by atoms with Gasteiger partial charge in [0.15, 0.2) is 0 Å². The van der Waals surface area contributed by atoms with E-state index >= 15 is 0 Å². The van der Waals surface area contributed by atoms with Crippen LogP contribution in [-0.2, 0) is 41.5 Å². The first-order valence-electron chi connectivity index (χ1n) is 16.6. The summed E-state index contributed by atoms with van der Waals surface area (Å²) in [6.07, 6.45) is 1.52. The fourth-order valence-electron chi connectivity index (χ4n) is 5.36. The number of nitrogens with one attached hydrogen (secondary N) is 5. The van der Waals surface area contributed by atoms with Crippen molar-refractivity contribution in [2.75, 3.05) is 7.11 Å². The lowest BCUT2D eigenvalue weighted by Gasteiger charge is -2.28. The van der Waals surface area contributed by atoms with Gasteiger partial charge in [-0.25, -0.2) is 9.59 Å². The molecule has 0 fully saturated rings. The molecule has 2 aromatic carbocycles. The average molecular weight is 678 g/mol. The third-order valence-corrected chi connectivity index (χ3v) is 7.78. The number of rotatable bonds is 15. The minimum absolute atomic E-state index is 0.0278. The molecule has 0 aliphatic carbocycles. The highest BCUT2D eigenvalue weighted by atomic mass is 16.6. The van der Waals surface area contributed by atoms with Crippen molar-refractivity contribution in [3.8, 4) is 0 Å². The van der Waals surface area contributed by atoms with Crippen LogP contribution in [0.1, 0.15) is 66.0 Å². The molecule has 0 bridgehead atoms. The van der Waals surface area contributed by atoms with Crippen LogP contribution in [0.4, 0.5) is 4.79 Å². The Morgan fingerprint density at radius 1 is 0.735 bits per heavy atom. The molecule has 4 atom stereocenters. The fourth-order valence-corrected chi connectivity index (χ4v) is 5.36. The lowest BCUT2D eigenvalue weighted by molar-refractivity contribution is -0.146. The van der Waals surface area contributed by atoms with E-state index in [9.17, 15) is 24.0 Å². The number of fused-ring (bicyclic) bond motifs is 1. The molecule has 12 heteroatoms. The molecule has 0 saturated carbocycles. The lowest BCUT2D eigenvalue weighted by atomic mass is 9.99. The van der Waals surface area contributed by atoms with Gasteiger partial charge in [-0.05, 0) is 56.2 Å². The van der Waals surface area contributed by atoms with Gasteiger partial charge < -0.3 is 35.7 Å². The van der Waals surface area contributed by atoms with E-state index in [1.807, 2.05) is 68.4 Å². The summed E-state index contributed by atoms with van der Waals surface area (Å²) in [5, 5.41) is 12.0. The predicted molar refractivity (Wildman–Crippen MR) is 187 cm³/mol. The molecule has 1 aromatic heterocycles. The van der Waals surface area contributed by atoms with E-state index in [0.717, 1.165) is 22.0 Å². The number of para-hydroxylation sites is 1. The molecular formula is C37H51N5O7. The van der Waals surface area contributed by atoms with E-state index in [1.54, 1.807) is 40.8 Å². The summed E-state index contributed by atoms with van der Waals surface area (Å²) in [4.78, 5) is 70.1. The number of carbonyl (C=O) groups excluding carboxylic acids is 5. The van der Waals surface area contributed by atoms with Gasteiger partial charge >= 0.3 is 12.1 Å². The Morgan fingerprint density at radius 3 is 1.90 bits per heavy atom. The van der Waals surface area contributed by atoms with Gasteiger partial charge in [-0.2, -0.15) is 0 Å². The zero-order valence-corrected chi connectivity index (χ0v) is 29.7. The molecule has 0 radical (unpaired) electrons. The molecule has 0 saturated heterocycles. The van der Waals surface area contributed by atoms with Crippen molar-refractivity contribution in [1.82, 2.24) is 26.3 Å². The van der Waals surface area contributed by atoms with E-state index in [-0.39, 0.29) is 24.7 Å². The van der Waals surface area contributed by atoms with Crippen molar-refractivity contribution in [2.24, 2.45) is 11.8 Å². The van der Waals surface area contributed by atoms with Crippen molar-refractivity contribution in [2.45, 2.75) is 97.5 Å². The Morgan fingerprint density at radius 2 is 1.31 bits per heavy atom. The number of H-pyrrole nitrogens is 1.